The Balaban J connectivity index is 1.64. The second-order valence-electron chi connectivity index (χ2n) is 8.41. The summed E-state index contributed by atoms with van der Waals surface area (Å²) in [5, 5.41) is 3.24. The lowest BCUT2D eigenvalue weighted by Gasteiger charge is -2.23. The normalized spacial score (nSPS) is 12.1. The number of halogens is 3. The first-order chi connectivity index (χ1) is 16.7. The number of sulfonamides is 1. The highest BCUT2D eigenvalue weighted by Gasteiger charge is 2.33. The highest BCUT2D eigenvalue weighted by molar-refractivity contribution is 7.89. The van der Waals surface area contributed by atoms with Crippen molar-refractivity contribution < 1.29 is 21.6 Å². The monoisotopic (exact) mass is 505 g/mol. The predicted molar refractivity (Wildman–Crippen MR) is 131 cm³/mol. The Morgan fingerprint density at radius 1 is 0.914 bits per heavy atom. The average molecular weight is 506 g/mol. The Labute approximate surface area is 205 Å². The lowest BCUT2D eigenvalue weighted by atomic mass is 10.1. The molecule has 0 atom stereocenters. The van der Waals surface area contributed by atoms with Gasteiger partial charge in [0.25, 0.3) is 0 Å². The van der Waals surface area contributed by atoms with E-state index in [4.69, 9.17) is 0 Å². The number of aromatic nitrogens is 1. The topological polar surface area (TPSA) is 62.3 Å². The van der Waals surface area contributed by atoms with Crippen LogP contribution in [-0.4, -0.2) is 30.8 Å². The third-order valence-corrected chi connectivity index (χ3v) is 7.43. The largest absolute Gasteiger partial charge is 0.416 e. The van der Waals surface area contributed by atoms with E-state index >= 15 is 0 Å². The summed E-state index contributed by atoms with van der Waals surface area (Å²) in [6.07, 6.45) is 0.295. The van der Waals surface area contributed by atoms with E-state index < -0.39 is 21.8 Å². The smallest absolute Gasteiger partial charge is 0.370 e. The molecule has 0 bridgehead atoms. The van der Waals surface area contributed by atoms with Crippen LogP contribution in [0.5, 0.6) is 0 Å². The molecule has 5 nitrogen and oxygen atoms in total. The molecule has 9 heteroatoms. The van der Waals surface area contributed by atoms with Crippen molar-refractivity contribution in [2.75, 3.05) is 18.4 Å². The molecular weight excluding hydrogens is 475 g/mol. The first-order valence-electron chi connectivity index (χ1n) is 11.5. The number of aryl methyl sites for hydroxylation is 1. The lowest BCUT2D eigenvalue weighted by molar-refractivity contribution is -0.137. The Kier molecular flexibility index (Phi) is 9.28. The number of alkyl halides is 3. The first-order valence-corrected chi connectivity index (χ1v) is 13.0. The van der Waals surface area contributed by atoms with E-state index in [1.807, 2.05) is 49.4 Å². The summed E-state index contributed by atoms with van der Waals surface area (Å²) in [7, 11) is -4.11. The fourth-order valence-electron chi connectivity index (χ4n) is 3.61. The Bertz CT molecular complexity index is 1170. The maximum Gasteiger partial charge on any atom is 0.416 e. The molecule has 3 rings (SSSR count). The molecule has 0 spiro atoms. The molecule has 188 valence electrons. The molecule has 35 heavy (non-hydrogen) atoms. The van der Waals surface area contributed by atoms with Gasteiger partial charge in [-0.25, -0.2) is 13.4 Å². The van der Waals surface area contributed by atoms with Gasteiger partial charge in [-0.2, -0.15) is 17.5 Å². The number of hydrogen-bond donors (Lipinski definition) is 1. The summed E-state index contributed by atoms with van der Waals surface area (Å²) in [6, 6.07) is 17.0. The Morgan fingerprint density at radius 2 is 1.66 bits per heavy atom. The molecule has 0 radical (unpaired) electrons. The number of anilines is 1. The van der Waals surface area contributed by atoms with Crippen LogP contribution in [-0.2, 0) is 22.7 Å². The van der Waals surface area contributed by atoms with Gasteiger partial charge in [-0.15, -0.1) is 0 Å². The molecule has 0 unspecified atom stereocenters. The van der Waals surface area contributed by atoms with Gasteiger partial charge in [0.1, 0.15) is 5.82 Å². The Morgan fingerprint density at radius 3 is 2.34 bits per heavy atom. The van der Waals surface area contributed by atoms with Gasteiger partial charge in [0.2, 0.25) is 10.0 Å². The van der Waals surface area contributed by atoms with Crippen LogP contribution in [0, 0.1) is 6.92 Å². The molecule has 0 fully saturated rings. The standard InChI is InChI=1S/C26H30F3N3O2S/c1-21-12-14-22(15-13-21)20-32(18-7-3-2-5-16-30-25-11-4-6-17-31-25)35(33,34)24-10-8-9-23(19-24)26(27,28)29/h4,6,8-15,17,19H,2-3,5,7,16,18,20H2,1H3,(H,30,31). The SMILES string of the molecule is Cc1ccc(CN(CCCCCCNc2ccccn2)S(=O)(=O)c2cccc(C(F)(F)F)c2)cc1. The first kappa shape index (κ1) is 26.7. The second-order valence-corrected chi connectivity index (χ2v) is 10.3. The molecule has 2 aromatic carbocycles. The van der Waals surface area contributed by atoms with Crippen molar-refractivity contribution in [3.05, 3.63) is 89.6 Å². The molecule has 0 aliphatic carbocycles. The minimum absolute atomic E-state index is 0.0973. The van der Waals surface area contributed by atoms with E-state index in [2.05, 4.69) is 10.3 Å². The van der Waals surface area contributed by atoms with E-state index in [0.717, 1.165) is 54.9 Å². The van der Waals surface area contributed by atoms with Crippen LogP contribution in [0.4, 0.5) is 19.0 Å². The van der Waals surface area contributed by atoms with Gasteiger partial charge >= 0.3 is 6.18 Å². The van der Waals surface area contributed by atoms with Crippen LogP contribution in [0.25, 0.3) is 0 Å². The van der Waals surface area contributed by atoms with Gasteiger partial charge in [0.05, 0.1) is 10.5 Å². The number of hydrogen-bond acceptors (Lipinski definition) is 4. The molecule has 0 amide bonds. The van der Waals surface area contributed by atoms with Crippen molar-refractivity contribution in [1.82, 2.24) is 9.29 Å². The fraction of sp³-hybridized carbons (Fsp3) is 0.346. The van der Waals surface area contributed by atoms with E-state index in [1.54, 1.807) is 6.20 Å². The van der Waals surface area contributed by atoms with Crippen LogP contribution in [0.2, 0.25) is 0 Å². The number of benzene rings is 2. The molecule has 0 saturated carbocycles. The third kappa shape index (κ3) is 8.07. The molecule has 0 aliphatic rings. The van der Waals surface area contributed by atoms with Crippen molar-refractivity contribution >= 4 is 15.8 Å². The van der Waals surface area contributed by atoms with Crippen LogP contribution < -0.4 is 5.32 Å². The van der Waals surface area contributed by atoms with Gasteiger partial charge in [-0.1, -0.05) is 54.8 Å². The average Bonchev–Trinajstić information content (AvgIpc) is 2.84. The highest BCUT2D eigenvalue weighted by Crippen LogP contribution is 2.31. The van der Waals surface area contributed by atoms with Crippen LogP contribution >= 0.6 is 0 Å². The summed E-state index contributed by atoms with van der Waals surface area (Å²) >= 11 is 0. The predicted octanol–water partition coefficient (Wildman–Crippen LogP) is 6.27. The lowest BCUT2D eigenvalue weighted by Crippen LogP contribution is -2.32. The van der Waals surface area contributed by atoms with Gasteiger partial charge < -0.3 is 5.32 Å². The number of unbranched alkanes of at least 4 members (excludes halogenated alkanes) is 3. The fourth-order valence-corrected chi connectivity index (χ4v) is 5.13. The third-order valence-electron chi connectivity index (χ3n) is 5.58. The number of pyridine rings is 1. The van der Waals surface area contributed by atoms with Crippen LogP contribution in [0.1, 0.15) is 42.4 Å². The van der Waals surface area contributed by atoms with Crippen molar-refractivity contribution in [2.24, 2.45) is 0 Å². The molecule has 1 heterocycles. The maximum atomic E-state index is 13.3. The number of nitrogens with one attached hydrogen (secondary N) is 1. The van der Waals surface area contributed by atoms with Crippen LogP contribution in [0.15, 0.2) is 77.8 Å². The van der Waals surface area contributed by atoms with Crippen molar-refractivity contribution in [1.29, 1.82) is 0 Å². The zero-order valence-corrected chi connectivity index (χ0v) is 20.4. The molecule has 3 aromatic rings. The minimum Gasteiger partial charge on any atom is -0.370 e. The van der Waals surface area contributed by atoms with E-state index in [1.165, 1.54) is 10.4 Å². The van der Waals surface area contributed by atoms with Crippen LogP contribution in [0.3, 0.4) is 0 Å². The second kappa shape index (κ2) is 12.2. The molecular formula is C26H30F3N3O2S. The molecule has 1 aromatic heterocycles. The zero-order chi connectivity index (χ0) is 25.3. The molecule has 1 N–H and O–H groups in total. The van der Waals surface area contributed by atoms with Crippen molar-refractivity contribution in [3.8, 4) is 0 Å². The molecule has 0 saturated heterocycles. The van der Waals surface area contributed by atoms with Gasteiger partial charge in [0, 0.05) is 25.8 Å². The minimum atomic E-state index is -4.61. The van der Waals surface area contributed by atoms with Crippen molar-refractivity contribution in [2.45, 2.75) is 50.2 Å². The highest BCUT2D eigenvalue weighted by atomic mass is 32.2. The maximum absolute atomic E-state index is 13.3. The van der Waals surface area contributed by atoms with Crippen molar-refractivity contribution in [3.63, 3.8) is 0 Å². The van der Waals surface area contributed by atoms with Gasteiger partial charge in [-0.05, 0) is 55.7 Å². The summed E-state index contributed by atoms with van der Waals surface area (Å²) in [4.78, 5) is 3.86. The summed E-state index contributed by atoms with van der Waals surface area (Å²) in [6.45, 7) is 3.01. The van der Waals surface area contributed by atoms with E-state index in [9.17, 15) is 21.6 Å². The summed E-state index contributed by atoms with van der Waals surface area (Å²) < 4.78 is 67.5. The van der Waals surface area contributed by atoms with Gasteiger partial charge in [-0.3, -0.25) is 0 Å². The van der Waals surface area contributed by atoms with E-state index in [-0.39, 0.29) is 18.0 Å². The zero-order valence-electron chi connectivity index (χ0n) is 19.6. The van der Waals surface area contributed by atoms with Gasteiger partial charge in [0.15, 0.2) is 0 Å². The quantitative estimate of drug-likeness (QED) is 0.295. The molecule has 0 aliphatic heterocycles. The number of nitrogens with zero attached hydrogens (tertiary/aromatic N) is 2. The number of rotatable bonds is 12. The summed E-state index contributed by atoms with van der Waals surface area (Å²) in [5.41, 5.74) is 0.848. The Hall–Kier alpha value is -2.91. The summed E-state index contributed by atoms with van der Waals surface area (Å²) in [5.74, 6) is 0.809. The van der Waals surface area contributed by atoms with E-state index in [0.29, 0.717) is 12.5 Å².